The molecule has 0 aliphatic heterocycles. The van der Waals surface area contributed by atoms with Gasteiger partial charge in [0.05, 0.1) is 23.6 Å². The van der Waals surface area contributed by atoms with Crippen LogP contribution in [0.1, 0.15) is 5.56 Å². The summed E-state index contributed by atoms with van der Waals surface area (Å²) in [6.45, 7) is 1.92. The second kappa shape index (κ2) is 4.57. The predicted molar refractivity (Wildman–Crippen MR) is 75.2 cm³/mol. The van der Waals surface area contributed by atoms with Crippen LogP contribution in [-0.2, 0) is 0 Å². The highest BCUT2D eigenvalue weighted by molar-refractivity contribution is 5.79. The number of hydrogen-bond acceptors (Lipinski definition) is 4. The Balaban J connectivity index is 1.94. The quantitative estimate of drug-likeness (QED) is 0.759. The van der Waals surface area contributed by atoms with Gasteiger partial charge in [-0.25, -0.2) is 4.98 Å². The van der Waals surface area contributed by atoms with E-state index in [4.69, 9.17) is 10.5 Å². The minimum Gasteiger partial charge on any atom is -0.437 e. The van der Waals surface area contributed by atoms with Crippen molar-refractivity contribution in [3.63, 3.8) is 0 Å². The van der Waals surface area contributed by atoms with E-state index in [1.807, 2.05) is 43.3 Å². The summed E-state index contributed by atoms with van der Waals surface area (Å²) in [6.07, 6.45) is 3.29. The largest absolute Gasteiger partial charge is 0.437 e. The van der Waals surface area contributed by atoms with Gasteiger partial charge in [-0.2, -0.15) is 0 Å². The molecule has 2 heterocycles. The molecular weight excluding hydrogens is 238 g/mol. The Morgan fingerprint density at radius 3 is 2.74 bits per heavy atom. The maximum Gasteiger partial charge on any atom is 0.219 e. The van der Waals surface area contributed by atoms with Crippen LogP contribution in [0.15, 0.2) is 48.8 Å². The Bertz CT molecular complexity index is 740. The monoisotopic (exact) mass is 251 g/mol. The molecule has 4 heteroatoms. The van der Waals surface area contributed by atoms with Crippen LogP contribution in [0.25, 0.3) is 10.9 Å². The fraction of sp³-hybridized carbons (Fsp3) is 0.0667. The van der Waals surface area contributed by atoms with Gasteiger partial charge in [0.25, 0.3) is 0 Å². The van der Waals surface area contributed by atoms with Crippen LogP contribution in [0.3, 0.4) is 0 Å². The summed E-state index contributed by atoms with van der Waals surface area (Å²) < 4.78 is 5.69. The van der Waals surface area contributed by atoms with E-state index >= 15 is 0 Å². The fourth-order valence-electron chi connectivity index (χ4n) is 1.82. The number of hydrogen-bond donors (Lipinski definition) is 1. The van der Waals surface area contributed by atoms with E-state index in [9.17, 15) is 0 Å². The van der Waals surface area contributed by atoms with E-state index < -0.39 is 0 Å². The number of rotatable bonds is 2. The first-order valence-electron chi connectivity index (χ1n) is 5.97. The van der Waals surface area contributed by atoms with Gasteiger partial charge in [0.15, 0.2) is 0 Å². The van der Waals surface area contributed by atoms with Crippen LogP contribution < -0.4 is 10.5 Å². The van der Waals surface area contributed by atoms with Crippen LogP contribution in [0.2, 0.25) is 0 Å². The number of nitrogens with zero attached hydrogens (tertiary/aromatic N) is 2. The molecule has 0 saturated carbocycles. The fourth-order valence-corrected chi connectivity index (χ4v) is 1.82. The molecular formula is C15H13N3O. The van der Waals surface area contributed by atoms with Gasteiger partial charge in [-0.3, -0.25) is 4.98 Å². The van der Waals surface area contributed by atoms with Crippen molar-refractivity contribution in [1.29, 1.82) is 0 Å². The molecule has 2 N–H and O–H groups in total. The van der Waals surface area contributed by atoms with Crippen LogP contribution in [0.4, 0.5) is 5.69 Å². The van der Waals surface area contributed by atoms with Crippen molar-refractivity contribution in [3.05, 3.63) is 54.4 Å². The summed E-state index contributed by atoms with van der Waals surface area (Å²) in [6, 6.07) is 11.6. The lowest BCUT2D eigenvalue weighted by Gasteiger charge is -2.07. The molecule has 0 unspecified atom stereocenters. The van der Waals surface area contributed by atoms with Crippen LogP contribution in [0, 0.1) is 6.92 Å². The Morgan fingerprint density at radius 1 is 1.05 bits per heavy atom. The normalized spacial score (nSPS) is 10.6. The maximum atomic E-state index is 5.73. The molecule has 3 rings (SSSR count). The second-order valence-corrected chi connectivity index (χ2v) is 4.34. The molecule has 0 saturated heterocycles. The number of nitrogen functional groups attached to an aromatic ring is 1. The number of fused-ring (bicyclic) bond motifs is 1. The zero-order valence-electron chi connectivity index (χ0n) is 10.5. The highest BCUT2D eigenvalue weighted by Crippen LogP contribution is 2.24. The third-order valence-corrected chi connectivity index (χ3v) is 2.91. The Hall–Kier alpha value is -2.62. The summed E-state index contributed by atoms with van der Waals surface area (Å²) in [5.41, 5.74) is 8.27. The molecule has 0 radical (unpaired) electrons. The number of pyridine rings is 2. The first-order valence-corrected chi connectivity index (χ1v) is 5.97. The maximum absolute atomic E-state index is 5.73. The first kappa shape index (κ1) is 11.5. The average molecular weight is 251 g/mol. The third kappa shape index (κ3) is 2.33. The number of aryl methyl sites for hydroxylation is 1. The van der Waals surface area contributed by atoms with Crippen molar-refractivity contribution < 1.29 is 4.74 Å². The lowest BCUT2D eigenvalue weighted by molar-refractivity contribution is 0.461. The molecule has 94 valence electrons. The SMILES string of the molecule is Cc1cc(Oc2cnc3ccccc3c2)ncc1N. The number of para-hydroxylation sites is 1. The summed E-state index contributed by atoms with van der Waals surface area (Å²) in [7, 11) is 0. The van der Waals surface area contributed by atoms with Gasteiger partial charge in [-0.1, -0.05) is 18.2 Å². The molecule has 0 atom stereocenters. The molecule has 0 amide bonds. The molecule has 0 fully saturated rings. The zero-order valence-corrected chi connectivity index (χ0v) is 10.5. The smallest absolute Gasteiger partial charge is 0.219 e. The van der Waals surface area contributed by atoms with Gasteiger partial charge in [0.1, 0.15) is 5.75 Å². The number of aromatic nitrogens is 2. The van der Waals surface area contributed by atoms with Crippen molar-refractivity contribution >= 4 is 16.6 Å². The Morgan fingerprint density at radius 2 is 1.89 bits per heavy atom. The predicted octanol–water partition coefficient (Wildman–Crippen LogP) is 3.31. The third-order valence-electron chi connectivity index (χ3n) is 2.91. The minimum absolute atomic E-state index is 0.517. The zero-order chi connectivity index (χ0) is 13.2. The molecule has 1 aromatic carbocycles. The molecule has 2 aromatic heterocycles. The van der Waals surface area contributed by atoms with E-state index in [0.29, 0.717) is 17.3 Å². The molecule has 0 spiro atoms. The van der Waals surface area contributed by atoms with Gasteiger partial charge in [-0.05, 0) is 24.6 Å². The Kier molecular flexibility index (Phi) is 2.76. The van der Waals surface area contributed by atoms with E-state index in [0.717, 1.165) is 16.5 Å². The van der Waals surface area contributed by atoms with Gasteiger partial charge < -0.3 is 10.5 Å². The number of benzene rings is 1. The van der Waals surface area contributed by atoms with Crippen LogP contribution in [-0.4, -0.2) is 9.97 Å². The van der Waals surface area contributed by atoms with E-state index in [-0.39, 0.29) is 0 Å². The molecule has 3 aromatic rings. The standard InChI is InChI=1S/C15H13N3O/c1-10-6-15(18-9-13(10)16)19-12-7-11-4-2-3-5-14(11)17-8-12/h2-9H,16H2,1H3. The highest BCUT2D eigenvalue weighted by Gasteiger charge is 2.03. The molecule has 0 bridgehead atoms. The van der Waals surface area contributed by atoms with E-state index in [2.05, 4.69) is 9.97 Å². The van der Waals surface area contributed by atoms with Crippen LogP contribution in [0.5, 0.6) is 11.6 Å². The van der Waals surface area contributed by atoms with Crippen molar-refractivity contribution in [2.75, 3.05) is 5.73 Å². The first-order chi connectivity index (χ1) is 9.22. The lowest BCUT2D eigenvalue weighted by atomic mass is 10.2. The van der Waals surface area contributed by atoms with Crippen molar-refractivity contribution in [1.82, 2.24) is 9.97 Å². The molecule has 19 heavy (non-hydrogen) atoms. The topological polar surface area (TPSA) is 61.0 Å². The number of anilines is 1. The number of nitrogens with two attached hydrogens (primary N) is 1. The van der Waals surface area contributed by atoms with Gasteiger partial charge in [0.2, 0.25) is 5.88 Å². The van der Waals surface area contributed by atoms with Crippen molar-refractivity contribution in [3.8, 4) is 11.6 Å². The Labute approximate surface area is 110 Å². The van der Waals surface area contributed by atoms with Crippen LogP contribution >= 0.6 is 0 Å². The summed E-state index contributed by atoms with van der Waals surface area (Å²) >= 11 is 0. The summed E-state index contributed by atoms with van der Waals surface area (Å²) in [5, 5.41) is 1.03. The second-order valence-electron chi connectivity index (χ2n) is 4.34. The van der Waals surface area contributed by atoms with E-state index in [1.54, 1.807) is 12.4 Å². The van der Waals surface area contributed by atoms with E-state index in [1.165, 1.54) is 0 Å². The minimum atomic E-state index is 0.517. The van der Waals surface area contributed by atoms with Gasteiger partial charge >= 0.3 is 0 Å². The molecule has 0 aliphatic carbocycles. The lowest BCUT2D eigenvalue weighted by Crippen LogP contribution is -1.94. The van der Waals surface area contributed by atoms with Gasteiger partial charge in [-0.15, -0.1) is 0 Å². The average Bonchev–Trinajstić information content (AvgIpc) is 2.43. The molecule has 4 nitrogen and oxygen atoms in total. The highest BCUT2D eigenvalue weighted by atomic mass is 16.5. The number of ether oxygens (including phenoxy) is 1. The van der Waals surface area contributed by atoms with Crippen molar-refractivity contribution in [2.24, 2.45) is 0 Å². The summed E-state index contributed by atoms with van der Waals surface area (Å²) in [4.78, 5) is 8.48. The molecule has 0 aliphatic rings. The van der Waals surface area contributed by atoms with Crippen molar-refractivity contribution in [2.45, 2.75) is 6.92 Å². The van der Waals surface area contributed by atoms with Gasteiger partial charge in [0, 0.05) is 11.5 Å². The summed E-state index contributed by atoms with van der Waals surface area (Å²) in [5.74, 6) is 1.18.